The van der Waals surface area contributed by atoms with Crippen molar-refractivity contribution in [1.29, 1.82) is 0 Å². The van der Waals surface area contributed by atoms with Gasteiger partial charge < -0.3 is 9.64 Å². The molecule has 24 heavy (non-hydrogen) atoms. The molecular formula is C20H31NO3. The van der Waals surface area contributed by atoms with Gasteiger partial charge in [0.15, 0.2) is 0 Å². The van der Waals surface area contributed by atoms with Crippen LogP contribution in [-0.2, 0) is 16.0 Å². The van der Waals surface area contributed by atoms with E-state index in [9.17, 15) is 9.59 Å². The molecule has 0 aromatic heterocycles. The van der Waals surface area contributed by atoms with E-state index in [1.165, 1.54) is 24.8 Å². The van der Waals surface area contributed by atoms with Crippen LogP contribution in [0, 0.1) is 0 Å². The standard InChI is InChI=1S/C20H31NO3/c1-5-7-8-9-17-10-12-18(13-11-17)20(23)21(16(3)4)15-14-19(22)24-6-2/h10-13,16H,5-9,14-15H2,1-4H3. The van der Waals surface area contributed by atoms with Crippen molar-refractivity contribution in [3.8, 4) is 0 Å². The smallest absolute Gasteiger partial charge is 0.307 e. The summed E-state index contributed by atoms with van der Waals surface area (Å²) in [4.78, 5) is 26.0. The van der Waals surface area contributed by atoms with Gasteiger partial charge in [0.2, 0.25) is 0 Å². The van der Waals surface area contributed by atoms with Crippen LogP contribution in [0.4, 0.5) is 0 Å². The summed E-state index contributed by atoms with van der Waals surface area (Å²) < 4.78 is 4.94. The SMILES string of the molecule is CCCCCc1ccc(C(=O)N(CCC(=O)OCC)C(C)C)cc1. The molecule has 0 radical (unpaired) electrons. The second kappa shape index (κ2) is 10.8. The first-order valence-electron chi connectivity index (χ1n) is 9.05. The topological polar surface area (TPSA) is 46.6 Å². The molecule has 0 unspecified atom stereocenters. The van der Waals surface area contributed by atoms with E-state index in [0.717, 1.165) is 6.42 Å². The van der Waals surface area contributed by atoms with Gasteiger partial charge in [-0.2, -0.15) is 0 Å². The van der Waals surface area contributed by atoms with Crippen molar-refractivity contribution >= 4 is 11.9 Å². The molecule has 1 amide bonds. The van der Waals surface area contributed by atoms with Crippen molar-refractivity contribution < 1.29 is 14.3 Å². The molecule has 134 valence electrons. The lowest BCUT2D eigenvalue weighted by Crippen LogP contribution is -2.38. The van der Waals surface area contributed by atoms with Gasteiger partial charge in [-0.05, 0) is 51.3 Å². The van der Waals surface area contributed by atoms with Gasteiger partial charge in [0.25, 0.3) is 5.91 Å². The number of aryl methyl sites for hydroxylation is 1. The van der Waals surface area contributed by atoms with E-state index in [1.54, 1.807) is 11.8 Å². The largest absolute Gasteiger partial charge is 0.466 e. The number of amides is 1. The fourth-order valence-corrected chi connectivity index (χ4v) is 2.60. The Morgan fingerprint density at radius 2 is 1.75 bits per heavy atom. The van der Waals surface area contributed by atoms with Gasteiger partial charge in [0.1, 0.15) is 0 Å². The summed E-state index contributed by atoms with van der Waals surface area (Å²) in [6.45, 7) is 8.65. The Labute approximate surface area is 146 Å². The fourth-order valence-electron chi connectivity index (χ4n) is 2.60. The lowest BCUT2D eigenvalue weighted by Gasteiger charge is -2.26. The van der Waals surface area contributed by atoms with E-state index in [0.29, 0.717) is 18.7 Å². The van der Waals surface area contributed by atoms with Gasteiger partial charge in [-0.3, -0.25) is 9.59 Å². The van der Waals surface area contributed by atoms with Crippen LogP contribution >= 0.6 is 0 Å². The van der Waals surface area contributed by atoms with Crippen LogP contribution in [0.3, 0.4) is 0 Å². The lowest BCUT2D eigenvalue weighted by molar-refractivity contribution is -0.143. The minimum atomic E-state index is -0.262. The maximum absolute atomic E-state index is 12.7. The van der Waals surface area contributed by atoms with Crippen molar-refractivity contribution in [1.82, 2.24) is 4.90 Å². The van der Waals surface area contributed by atoms with Crippen molar-refractivity contribution in [3.05, 3.63) is 35.4 Å². The third-order valence-electron chi connectivity index (χ3n) is 4.02. The minimum absolute atomic E-state index is 0.0330. The van der Waals surface area contributed by atoms with Crippen molar-refractivity contribution in [2.75, 3.05) is 13.2 Å². The van der Waals surface area contributed by atoms with Crippen LogP contribution in [-0.4, -0.2) is 36.0 Å². The number of hydrogen-bond acceptors (Lipinski definition) is 3. The number of unbranched alkanes of at least 4 members (excludes halogenated alkanes) is 2. The van der Waals surface area contributed by atoms with Crippen LogP contribution in [0.15, 0.2) is 24.3 Å². The summed E-state index contributed by atoms with van der Waals surface area (Å²) in [5.74, 6) is -0.295. The molecule has 0 heterocycles. The summed E-state index contributed by atoms with van der Waals surface area (Å²) >= 11 is 0. The number of carbonyl (C=O) groups is 2. The first-order chi connectivity index (χ1) is 11.5. The highest BCUT2D eigenvalue weighted by Crippen LogP contribution is 2.13. The number of benzene rings is 1. The first-order valence-corrected chi connectivity index (χ1v) is 9.05. The number of ether oxygens (including phenoxy) is 1. The van der Waals surface area contributed by atoms with Crippen LogP contribution in [0.2, 0.25) is 0 Å². The molecular weight excluding hydrogens is 302 g/mol. The number of hydrogen-bond donors (Lipinski definition) is 0. The van der Waals surface area contributed by atoms with Gasteiger partial charge in [0.05, 0.1) is 13.0 Å². The molecule has 0 saturated carbocycles. The summed E-state index contributed by atoms with van der Waals surface area (Å²) in [5.41, 5.74) is 1.94. The van der Waals surface area contributed by atoms with E-state index >= 15 is 0 Å². The van der Waals surface area contributed by atoms with E-state index in [2.05, 4.69) is 6.92 Å². The third kappa shape index (κ3) is 6.73. The summed E-state index contributed by atoms with van der Waals surface area (Å²) in [7, 11) is 0. The average molecular weight is 333 g/mol. The highest BCUT2D eigenvalue weighted by atomic mass is 16.5. The van der Waals surface area contributed by atoms with E-state index in [4.69, 9.17) is 4.74 Å². The third-order valence-corrected chi connectivity index (χ3v) is 4.02. The average Bonchev–Trinajstić information content (AvgIpc) is 2.55. The Morgan fingerprint density at radius 3 is 2.29 bits per heavy atom. The lowest BCUT2D eigenvalue weighted by atomic mass is 10.0. The van der Waals surface area contributed by atoms with Crippen molar-refractivity contribution in [2.24, 2.45) is 0 Å². The molecule has 4 nitrogen and oxygen atoms in total. The van der Waals surface area contributed by atoms with E-state index < -0.39 is 0 Å². The Morgan fingerprint density at radius 1 is 1.08 bits per heavy atom. The van der Waals surface area contributed by atoms with Gasteiger partial charge in [-0.15, -0.1) is 0 Å². The highest BCUT2D eigenvalue weighted by molar-refractivity contribution is 5.94. The molecule has 1 rings (SSSR count). The molecule has 4 heteroatoms. The highest BCUT2D eigenvalue weighted by Gasteiger charge is 2.19. The summed E-state index contributed by atoms with van der Waals surface area (Å²) in [6, 6.07) is 7.89. The molecule has 0 saturated heterocycles. The Bertz CT molecular complexity index is 508. The normalized spacial score (nSPS) is 10.7. The van der Waals surface area contributed by atoms with Crippen LogP contribution in [0.5, 0.6) is 0 Å². The molecule has 0 aliphatic carbocycles. The van der Waals surface area contributed by atoms with E-state index in [1.807, 2.05) is 38.1 Å². The van der Waals surface area contributed by atoms with Gasteiger partial charge in [-0.1, -0.05) is 31.9 Å². The maximum atomic E-state index is 12.7. The van der Waals surface area contributed by atoms with Gasteiger partial charge in [0, 0.05) is 18.2 Å². The minimum Gasteiger partial charge on any atom is -0.466 e. The molecule has 0 spiro atoms. The Balaban J connectivity index is 2.67. The first kappa shape index (κ1) is 20.2. The second-order valence-electron chi connectivity index (χ2n) is 6.30. The summed E-state index contributed by atoms with van der Waals surface area (Å²) in [6.07, 6.45) is 4.91. The Hall–Kier alpha value is -1.84. The van der Waals surface area contributed by atoms with Gasteiger partial charge >= 0.3 is 5.97 Å². The maximum Gasteiger partial charge on any atom is 0.307 e. The van der Waals surface area contributed by atoms with Crippen LogP contribution < -0.4 is 0 Å². The zero-order chi connectivity index (χ0) is 17.9. The Kier molecular flexibility index (Phi) is 9.13. The fraction of sp³-hybridized carbons (Fsp3) is 0.600. The summed E-state index contributed by atoms with van der Waals surface area (Å²) in [5, 5.41) is 0. The predicted octanol–water partition coefficient (Wildman–Crippen LogP) is 4.22. The number of esters is 1. The predicted molar refractivity (Wildman–Crippen MR) is 97.1 cm³/mol. The molecule has 0 bridgehead atoms. The number of rotatable bonds is 10. The van der Waals surface area contributed by atoms with Crippen molar-refractivity contribution in [2.45, 2.75) is 65.8 Å². The molecule has 1 aromatic carbocycles. The number of nitrogens with zero attached hydrogens (tertiary/aromatic N) is 1. The molecule has 0 N–H and O–H groups in total. The zero-order valence-corrected chi connectivity index (χ0v) is 15.5. The van der Waals surface area contributed by atoms with Crippen molar-refractivity contribution in [3.63, 3.8) is 0 Å². The molecule has 0 atom stereocenters. The van der Waals surface area contributed by atoms with Crippen LogP contribution in [0.1, 0.15) is 69.3 Å². The molecule has 0 aliphatic rings. The van der Waals surface area contributed by atoms with Crippen LogP contribution in [0.25, 0.3) is 0 Å². The zero-order valence-electron chi connectivity index (χ0n) is 15.5. The molecule has 1 aromatic rings. The monoisotopic (exact) mass is 333 g/mol. The van der Waals surface area contributed by atoms with E-state index in [-0.39, 0.29) is 24.3 Å². The molecule has 0 fully saturated rings. The number of carbonyl (C=O) groups excluding carboxylic acids is 2. The van der Waals surface area contributed by atoms with Gasteiger partial charge in [-0.25, -0.2) is 0 Å². The second-order valence-corrected chi connectivity index (χ2v) is 6.30. The quantitative estimate of drug-likeness (QED) is 0.476. The molecule has 0 aliphatic heterocycles.